The van der Waals surface area contributed by atoms with Crippen LogP contribution in [0.25, 0.3) is 22.3 Å². The first-order valence-electron chi connectivity index (χ1n) is 5.27. The van der Waals surface area contributed by atoms with E-state index >= 15 is 0 Å². The second kappa shape index (κ2) is 3.55. The molecule has 84 valence electrons. The Balaban J connectivity index is 2.31. The summed E-state index contributed by atoms with van der Waals surface area (Å²) in [5, 5.41) is 1.07. The zero-order valence-electron chi connectivity index (χ0n) is 9.31. The van der Waals surface area contributed by atoms with E-state index in [0.717, 1.165) is 27.9 Å². The van der Waals surface area contributed by atoms with Crippen LogP contribution in [0.1, 0.15) is 5.56 Å². The smallest absolute Gasteiger partial charge is 0.220 e. The summed E-state index contributed by atoms with van der Waals surface area (Å²) in [6, 6.07) is 3.82. The van der Waals surface area contributed by atoms with Crippen molar-refractivity contribution < 1.29 is 0 Å². The number of hydrogen-bond acceptors (Lipinski definition) is 4. The Kier molecular flexibility index (Phi) is 2.04. The topological polar surface area (TPSA) is 80.5 Å². The van der Waals surface area contributed by atoms with Crippen LogP contribution in [0.5, 0.6) is 0 Å². The quantitative estimate of drug-likeness (QED) is 0.663. The molecule has 3 heterocycles. The van der Waals surface area contributed by atoms with Crippen molar-refractivity contribution >= 4 is 17.0 Å². The first-order valence-corrected chi connectivity index (χ1v) is 5.27. The number of nitrogens with zero attached hydrogens (tertiary/aromatic N) is 3. The van der Waals surface area contributed by atoms with Crippen LogP contribution < -0.4 is 5.73 Å². The maximum absolute atomic E-state index is 5.60. The highest BCUT2D eigenvalue weighted by molar-refractivity contribution is 5.94. The molecule has 0 spiro atoms. The largest absolute Gasteiger partial charge is 0.368 e. The second-order valence-corrected chi connectivity index (χ2v) is 3.85. The molecule has 5 heteroatoms. The van der Waals surface area contributed by atoms with E-state index in [9.17, 15) is 0 Å². The number of aromatic amines is 1. The summed E-state index contributed by atoms with van der Waals surface area (Å²) in [6.07, 6.45) is 5.33. The van der Waals surface area contributed by atoms with Crippen molar-refractivity contribution in [2.24, 2.45) is 0 Å². The van der Waals surface area contributed by atoms with E-state index in [1.165, 1.54) is 0 Å². The lowest BCUT2D eigenvalue weighted by molar-refractivity contribution is 1.19. The van der Waals surface area contributed by atoms with E-state index in [2.05, 4.69) is 19.9 Å². The average molecular weight is 225 g/mol. The number of H-pyrrole nitrogens is 1. The molecule has 17 heavy (non-hydrogen) atoms. The van der Waals surface area contributed by atoms with Gasteiger partial charge in [-0.15, -0.1) is 0 Å². The standard InChI is InChI=1S/C12H11N5/c1-7-2-4-14-11-10(7)8(6-16-11)9-3-5-15-12(13)17-9/h2-6H,1H3,(H,14,16)(H2,13,15,17). The number of nitrogens with two attached hydrogens (primary N) is 1. The number of rotatable bonds is 1. The van der Waals surface area contributed by atoms with Crippen molar-refractivity contribution in [3.05, 3.63) is 36.3 Å². The fourth-order valence-electron chi connectivity index (χ4n) is 1.95. The number of aryl methyl sites for hydroxylation is 1. The first kappa shape index (κ1) is 9.77. The number of fused-ring (bicyclic) bond motifs is 1. The third-order valence-electron chi connectivity index (χ3n) is 2.73. The van der Waals surface area contributed by atoms with Gasteiger partial charge in [-0.25, -0.2) is 15.0 Å². The van der Waals surface area contributed by atoms with Crippen molar-refractivity contribution in [3.8, 4) is 11.3 Å². The Bertz CT molecular complexity index is 686. The highest BCUT2D eigenvalue weighted by atomic mass is 15.0. The van der Waals surface area contributed by atoms with Gasteiger partial charge in [0, 0.05) is 29.5 Å². The van der Waals surface area contributed by atoms with Crippen LogP contribution in [0.3, 0.4) is 0 Å². The fourth-order valence-corrected chi connectivity index (χ4v) is 1.95. The van der Waals surface area contributed by atoms with Gasteiger partial charge in [0.05, 0.1) is 5.69 Å². The lowest BCUT2D eigenvalue weighted by Gasteiger charge is -2.01. The zero-order valence-corrected chi connectivity index (χ0v) is 9.31. The summed E-state index contributed by atoms with van der Waals surface area (Å²) in [5.41, 5.74) is 9.42. The molecule has 0 saturated heterocycles. The Morgan fingerprint density at radius 2 is 2.00 bits per heavy atom. The third-order valence-corrected chi connectivity index (χ3v) is 2.73. The fraction of sp³-hybridized carbons (Fsp3) is 0.0833. The molecular formula is C12H11N5. The van der Waals surface area contributed by atoms with Gasteiger partial charge in [-0.05, 0) is 24.6 Å². The van der Waals surface area contributed by atoms with Crippen LogP contribution in [0.4, 0.5) is 5.95 Å². The van der Waals surface area contributed by atoms with E-state index in [-0.39, 0.29) is 5.95 Å². The summed E-state index contributed by atoms with van der Waals surface area (Å²) in [6.45, 7) is 2.05. The van der Waals surface area contributed by atoms with Gasteiger partial charge in [0.2, 0.25) is 5.95 Å². The lowest BCUT2D eigenvalue weighted by Crippen LogP contribution is -1.94. The summed E-state index contributed by atoms with van der Waals surface area (Å²) >= 11 is 0. The van der Waals surface area contributed by atoms with Gasteiger partial charge in [-0.1, -0.05) is 0 Å². The molecule has 3 aromatic heterocycles. The van der Waals surface area contributed by atoms with Crippen molar-refractivity contribution in [3.63, 3.8) is 0 Å². The molecule has 0 aliphatic rings. The number of nitrogen functional groups attached to an aromatic ring is 1. The molecule has 3 aromatic rings. The van der Waals surface area contributed by atoms with Gasteiger partial charge in [-0.3, -0.25) is 0 Å². The van der Waals surface area contributed by atoms with Gasteiger partial charge in [0.1, 0.15) is 5.65 Å². The Hall–Kier alpha value is -2.43. The summed E-state index contributed by atoms with van der Waals surface area (Å²) in [4.78, 5) is 15.5. The normalized spacial score (nSPS) is 10.9. The van der Waals surface area contributed by atoms with Gasteiger partial charge in [0.15, 0.2) is 0 Å². The van der Waals surface area contributed by atoms with E-state index in [4.69, 9.17) is 5.73 Å². The van der Waals surface area contributed by atoms with E-state index in [1.54, 1.807) is 12.4 Å². The summed E-state index contributed by atoms with van der Waals surface area (Å²) in [7, 11) is 0. The lowest BCUT2D eigenvalue weighted by atomic mass is 10.1. The molecular weight excluding hydrogens is 214 g/mol. The predicted molar refractivity (Wildman–Crippen MR) is 66.3 cm³/mol. The monoisotopic (exact) mass is 225 g/mol. The maximum Gasteiger partial charge on any atom is 0.220 e. The second-order valence-electron chi connectivity index (χ2n) is 3.85. The molecule has 0 aliphatic heterocycles. The zero-order chi connectivity index (χ0) is 11.8. The predicted octanol–water partition coefficient (Wildman–Crippen LogP) is 1.91. The minimum atomic E-state index is 0.276. The molecule has 0 radical (unpaired) electrons. The minimum Gasteiger partial charge on any atom is -0.368 e. The molecule has 3 N–H and O–H groups in total. The minimum absolute atomic E-state index is 0.276. The first-order chi connectivity index (χ1) is 8.25. The number of aromatic nitrogens is 4. The van der Waals surface area contributed by atoms with Crippen molar-refractivity contribution in [1.29, 1.82) is 0 Å². The van der Waals surface area contributed by atoms with E-state index in [1.807, 2.05) is 25.3 Å². The van der Waals surface area contributed by atoms with Gasteiger partial charge >= 0.3 is 0 Å². The van der Waals surface area contributed by atoms with Gasteiger partial charge in [0.25, 0.3) is 0 Å². The van der Waals surface area contributed by atoms with Crippen LogP contribution in [0, 0.1) is 6.92 Å². The molecule has 3 rings (SSSR count). The molecule has 5 nitrogen and oxygen atoms in total. The number of pyridine rings is 1. The molecule has 0 aromatic carbocycles. The van der Waals surface area contributed by atoms with Crippen LogP contribution in [-0.4, -0.2) is 19.9 Å². The molecule has 0 bridgehead atoms. The van der Waals surface area contributed by atoms with Gasteiger partial charge < -0.3 is 10.7 Å². The molecule has 0 amide bonds. The van der Waals surface area contributed by atoms with Gasteiger partial charge in [-0.2, -0.15) is 0 Å². The molecule has 0 unspecified atom stereocenters. The summed E-state index contributed by atoms with van der Waals surface area (Å²) < 4.78 is 0. The van der Waals surface area contributed by atoms with Crippen molar-refractivity contribution in [2.45, 2.75) is 6.92 Å². The summed E-state index contributed by atoms with van der Waals surface area (Å²) in [5.74, 6) is 0.276. The van der Waals surface area contributed by atoms with Crippen LogP contribution in [-0.2, 0) is 0 Å². The highest BCUT2D eigenvalue weighted by Gasteiger charge is 2.10. The Labute approximate surface area is 97.7 Å². The van der Waals surface area contributed by atoms with Crippen LogP contribution in [0.15, 0.2) is 30.7 Å². The maximum atomic E-state index is 5.60. The Morgan fingerprint density at radius 1 is 1.18 bits per heavy atom. The highest BCUT2D eigenvalue weighted by Crippen LogP contribution is 2.28. The molecule has 0 atom stereocenters. The molecule has 0 aliphatic carbocycles. The average Bonchev–Trinajstić information content (AvgIpc) is 2.74. The number of nitrogens with one attached hydrogen (secondary N) is 1. The number of hydrogen-bond donors (Lipinski definition) is 2. The Morgan fingerprint density at radius 3 is 2.82 bits per heavy atom. The van der Waals surface area contributed by atoms with Crippen LogP contribution >= 0.6 is 0 Å². The molecule has 0 saturated carbocycles. The van der Waals surface area contributed by atoms with Crippen molar-refractivity contribution in [2.75, 3.05) is 5.73 Å². The number of anilines is 1. The third kappa shape index (κ3) is 1.52. The SMILES string of the molecule is Cc1ccnc2[nH]cc(-c3ccnc(N)n3)c12. The van der Waals surface area contributed by atoms with E-state index in [0.29, 0.717) is 0 Å². The van der Waals surface area contributed by atoms with Crippen LogP contribution in [0.2, 0.25) is 0 Å². The van der Waals surface area contributed by atoms with Crippen molar-refractivity contribution in [1.82, 2.24) is 19.9 Å². The molecule has 0 fully saturated rings. The van der Waals surface area contributed by atoms with E-state index < -0.39 is 0 Å².